The Balaban J connectivity index is 0.000000271. The number of carboxylic acids is 2. The van der Waals surface area contributed by atoms with E-state index < -0.39 is 24.3 Å². The Kier molecular flexibility index (Phi) is 11.0. The number of halogens is 6. The molecule has 1 aliphatic carbocycles. The van der Waals surface area contributed by atoms with Crippen LogP contribution >= 0.6 is 11.3 Å². The Hall–Kier alpha value is -1.90. The maximum absolute atomic E-state index is 10.6. The fourth-order valence-electron chi connectivity index (χ4n) is 4.22. The average molecular weight is 549 g/mol. The number of likely N-dealkylation sites (tertiary alicyclic amines) is 1. The van der Waals surface area contributed by atoms with Crippen molar-refractivity contribution in [1.82, 2.24) is 9.80 Å². The van der Waals surface area contributed by atoms with Gasteiger partial charge < -0.3 is 19.8 Å². The van der Waals surface area contributed by atoms with E-state index in [1.54, 1.807) is 0 Å². The van der Waals surface area contributed by atoms with Crippen LogP contribution in [0, 0.1) is 11.3 Å². The molecule has 4 rings (SSSR count). The molecule has 3 aliphatic rings. The predicted molar refractivity (Wildman–Crippen MR) is 119 cm³/mol. The van der Waals surface area contributed by atoms with Gasteiger partial charge in [-0.2, -0.15) is 26.3 Å². The number of alkyl halides is 6. The Bertz CT molecular complexity index is 808. The summed E-state index contributed by atoms with van der Waals surface area (Å²) in [6.07, 6.45) is -4.59. The highest BCUT2D eigenvalue weighted by Gasteiger charge is 2.40. The number of piperidine rings is 1. The third-order valence-electron chi connectivity index (χ3n) is 5.92. The van der Waals surface area contributed by atoms with Crippen LogP contribution in [0.2, 0.25) is 0 Å². The number of rotatable bonds is 4. The number of hydrogen-bond acceptors (Lipinski definition) is 6. The van der Waals surface area contributed by atoms with E-state index in [9.17, 15) is 26.3 Å². The lowest BCUT2D eigenvalue weighted by molar-refractivity contribution is -0.193. The molecule has 1 atom stereocenters. The lowest BCUT2D eigenvalue weighted by Gasteiger charge is -2.43. The van der Waals surface area contributed by atoms with Gasteiger partial charge in [-0.3, -0.25) is 4.90 Å². The van der Waals surface area contributed by atoms with Crippen LogP contribution in [0.3, 0.4) is 0 Å². The van der Waals surface area contributed by atoms with Crippen molar-refractivity contribution in [3.8, 4) is 0 Å². The molecule has 1 saturated carbocycles. The molecule has 2 N–H and O–H groups in total. The molecular formula is C22H30F6N2O5S. The molecule has 1 aromatic heterocycles. The fourth-order valence-corrected chi connectivity index (χ4v) is 4.96. The smallest absolute Gasteiger partial charge is 0.475 e. The zero-order valence-electron chi connectivity index (χ0n) is 19.5. The zero-order valence-corrected chi connectivity index (χ0v) is 20.3. The van der Waals surface area contributed by atoms with Gasteiger partial charge >= 0.3 is 24.3 Å². The first-order valence-electron chi connectivity index (χ1n) is 11.4. The van der Waals surface area contributed by atoms with Gasteiger partial charge in [-0.05, 0) is 49.6 Å². The van der Waals surface area contributed by atoms with E-state index in [1.807, 2.05) is 11.3 Å². The molecule has 1 unspecified atom stereocenters. The van der Waals surface area contributed by atoms with E-state index in [0.29, 0.717) is 5.41 Å². The van der Waals surface area contributed by atoms with E-state index in [4.69, 9.17) is 24.5 Å². The second-order valence-electron chi connectivity index (χ2n) is 9.23. The molecular weight excluding hydrogens is 518 g/mol. The van der Waals surface area contributed by atoms with Gasteiger partial charge in [-0.1, -0.05) is 6.07 Å². The SMILES string of the molecule is O=C(O)C(F)(F)F.O=C(O)C(F)(F)F.c1csc(CN2CCCC3(COCCN(CC4CC4)C3)C2)c1. The second-order valence-corrected chi connectivity index (χ2v) is 10.3. The Labute approximate surface area is 208 Å². The normalized spacial score (nSPS) is 23.6. The van der Waals surface area contributed by atoms with E-state index in [2.05, 4.69) is 27.3 Å². The molecule has 0 radical (unpaired) electrons. The molecule has 206 valence electrons. The number of carbonyl (C=O) groups is 2. The van der Waals surface area contributed by atoms with Gasteiger partial charge in [-0.15, -0.1) is 11.3 Å². The highest BCUT2D eigenvalue weighted by atomic mass is 32.1. The standard InChI is InChI=1S/C18H28N2OS.2C2HF3O2/c1-3-17(22-10-1)12-19-7-2-6-18(13-19)14-20(8-9-21-15-18)11-16-4-5-16;2*3-2(4,5)1(6)7/h1,3,10,16H,2,4-9,11-15H2;2*(H,6,7). The van der Waals surface area contributed by atoms with Crippen molar-refractivity contribution in [2.24, 2.45) is 11.3 Å². The molecule has 2 aliphatic heterocycles. The van der Waals surface area contributed by atoms with Crippen molar-refractivity contribution < 1.29 is 50.9 Å². The molecule has 2 saturated heterocycles. The zero-order chi connectivity index (χ0) is 27.0. The van der Waals surface area contributed by atoms with E-state index in [-0.39, 0.29) is 0 Å². The summed E-state index contributed by atoms with van der Waals surface area (Å²) in [5.74, 6) is -4.53. The highest BCUT2D eigenvalue weighted by molar-refractivity contribution is 7.09. The lowest BCUT2D eigenvalue weighted by atomic mass is 9.80. The summed E-state index contributed by atoms with van der Waals surface area (Å²) in [5, 5.41) is 16.4. The largest absolute Gasteiger partial charge is 0.490 e. The van der Waals surface area contributed by atoms with Crippen LogP contribution in [-0.4, -0.2) is 90.2 Å². The molecule has 14 heteroatoms. The first-order chi connectivity index (χ1) is 16.7. The molecule has 0 bridgehead atoms. The third-order valence-corrected chi connectivity index (χ3v) is 6.78. The van der Waals surface area contributed by atoms with Crippen LogP contribution in [0.5, 0.6) is 0 Å². The summed E-state index contributed by atoms with van der Waals surface area (Å²) >= 11 is 1.89. The van der Waals surface area contributed by atoms with Gasteiger partial charge in [-0.25, -0.2) is 9.59 Å². The topological polar surface area (TPSA) is 90.3 Å². The minimum atomic E-state index is -5.08. The first kappa shape index (κ1) is 30.3. The summed E-state index contributed by atoms with van der Waals surface area (Å²) in [6, 6.07) is 4.45. The van der Waals surface area contributed by atoms with Crippen LogP contribution in [0.4, 0.5) is 26.3 Å². The van der Waals surface area contributed by atoms with E-state index >= 15 is 0 Å². The van der Waals surface area contributed by atoms with Gasteiger partial charge in [0.2, 0.25) is 0 Å². The molecule has 3 fully saturated rings. The van der Waals surface area contributed by atoms with Crippen LogP contribution < -0.4 is 0 Å². The summed E-state index contributed by atoms with van der Waals surface area (Å²) in [7, 11) is 0. The summed E-state index contributed by atoms with van der Waals surface area (Å²) in [6.45, 7) is 9.20. The van der Waals surface area contributed by atoms with Crippen LogP contribution in [0.15, 0.2) is 17.5 Å². The van der Waals surface area contributed by atoms with Gasteiger partial charge in [0.15, 0.2) is 0 Å². The number of ether oxygens (including phenoxy) is 1. The van der Waals surface area contributed by atoms with Gasteiger partial charge in [0.1, 0.15) is 0 Å². The molecule has 0 aromatic carbocycles. The van der Waals surface area contributed by atoms with E-state index in [1.165, 1.54) is 56.7 Å². The predicted octanol–water partition coefficient (Wildman–Crippen LogP) is 4.34. The molecule has 36 heavy (non-hydrogen) atoms. The minimum Gasteiger partial charge on any atom is -0.475 e. The van der Waals surface area contributed by atoms with Gasteiger partial charge in [0.25, 0.3) is 0 Å². The third kappa shape index (κ3) is 11.0. The molecule has 7 nitrogen and oxygen atoms in total. The molecule has 0 amide bonds. The van der Waals surface area contributed by atoms with Crippen molar-refractivity contribution in [1.29, 1.82) is 0 Å². The number of thiophene rings is 1. The number of nitrogens with zero attached hydrogens (tertiary/aromatic N) is 2. The maximum Gasteiger partial charge on any atom is 0.490 e. The van der Waals surface area contributed by atoms with E-state index in [0.717, 1.165) is 32.2 Å². The first-order valence-corrected chi connectivity index (χ1v) is 12.2. The van der Waals surface area contributed by atoms with Gasteiger partial charge in [0.05, 0.1) is 13.2 Å². The van der Waals surface area contributed by atoms with Crippen molar-refractivity contribution >= 4 is 23.3 Å². The molecule has 1 spiro atoms. The van der Waals surface area contributed by atoms with Crippen molar-refractivity contribution in [2.75, 3.05) is 45.9 Å². The summed E-state index contributed by atoms with van der Waals surface area (Å²) < 4.78 is 69.5. The average Bonchev–Trinajstić information content (AvgIpc) is 3.47. The Morgan fingerprint density at radius 2 is 1.61 bits per heavy atom. The van der Waals surface area contributed by atoms with Crippen molar-refractivity contribution in [3.63, 3.8) is 0 Å². The summed E-state index contributed by atoms with van der Waals surface area (Å²) in [5.41, 5.74) is 0.376. The lowest BCUT2D eigenvalue weighted by Crippen LogP contribution is -2.50. The minimum absolute atomic E-state index is 0.376. The fraction of sp³-hybridized carbons (Fsp3) is 0.727. The van der Waals surface area contributed by atoms with Crippen LogP contribution in [0.1, 0.15) is 30.6 Å². The number of aliphatic carboxylic acids is 2. The Morgan fingerprint density at radius 3 is 2.11 bits per heavy atom. The van der Waals surface area contributed by atoms with Crippen LogP contribution in [0.25, 0.3) is 0 Å². The monoisotopic (exact) mass is 548 g/mol. The molecule has 1 aromatic rings. The maximum atomic E-state index is 10.6. The quantitative estimate of drug-likeness (QED) is 0.541. The number of carboxylic acid groups (broad SMARTS) is 2. The Morgan fingerprint density at radius 1 is 1.03 bits per heavy atom. The van der Waals surface area contributed by atoms with Crippen LogP contribution in [-0.2, 0) is 20.9 Å². The van der Waals surface area contributed by atoms with Crippen molar-refractivity contribution in [3.05, 3.63) is 22.4 Å². The highest BCUT2D eigenvalue weighted by Crippen LogP contribution is 2.36. The number of hydrogen-bond donors (Lipinski definition) is 2. The van der Waals surface area contributed by atoms with Gasteiger partial charge in [0, 0.05) is 43.0 Å². The summed E-state index contributed by atoms with van der Waals surface area (Å²) in [4.78, 5) is 24.7. The van der Waals surface area contributed by atoms with Crippen molar-refractivity contribution in [2.45, 2.75) is 44.6 Å². The molecule has 3 heterocycles. The second kappa shape index (κ2) is 13.1.